The molecule has 0 aromatic heterocycles. The highest BCUT2D eigenvalue weighted by Gasteiger charge is 2.36. The number of sulfone groups is 1. The van der Waals surface area contributed by atoms with Crippen molar-refractivity contribution in [3.63, 3.8) is 0 Å². The Morgan fingerprint density at radius 2 is 1.64 bits per heavy atom. The van der Waals surface area contributed by atoms with E-state index in [1.54, 1.807) is 0 Å². The van der Waals surface area contributed by atoms with Crippen molar-refractivity contribution in [3.05, 3.63) is 0 Å². The summed E-state index contributed by atoms with van der Waals surface area (Å²) >= 11 is 0. The van der Waals surface area contributed by atoms with Crippen LogP contribution in [0, 0.1) is 5.92 Å². The number of hydrogen-bond donors (Lipinski definition) is 0. The number of carbonyl (C=O) groups is 1. The fourth-order valence-electron chi connectivity index (χ4n) is 4.22. The molecule has 0 N–H and O–H groups in total. The third kappa shape index (κ3) is 3.82. The molecule has 0 aromatic rings. The van der Waals surface area contributed by atoms with Crippen molar-refractivity contribution in [1.29, 1.82) is 0 Å². The van der Waals surface area contributed by atoms with Gasteiger partial charge in [0, 0.05) is 32.2 Å². The van der Waals surface area contributed by atoms with Crippen molar-refractivity contribution >= 4 is 15.7 Å². The standard InChI is InChI=1S/C16H28N2O3S/c19-16(14-7-12-22(20,21)13-14)18-9-4-8-17(10-11-18)15-5-2-1-3-6-15/h14-15H,1-13H2/t14-/m1/s1. The van der Waals surface area contributed by atoms with E-state index in [4.69, 9.17) is 0 Å². The first-order chi connectivity index (χ1) is 10.6. The maximum atomic E-state index is 12.6. The summed E-state index contributed by atoms with van der Waals surface area (Å²) in [5.74, 6) is 0.0397. The number of nitrogens with zero attached hydrogens (tertiary/aromatic N) is 2. The molecule has 6 heteroatoms. The minimum atomic E-state index is -2.97. The summed E-state index contributed by atoms with van der Waals surface area (Å²) in [7, 11) is -2.97. The topological polar surface area (TPSA) is 57.7 Å². The Morgan fingerprint density at radius 1 is 0.864 bits per heavy atom. The molecule has 2 heterocycles. The highest BCUT2D eigenvalue weighted by molar-refractivity contribution is 7.91. The molecule has 3 rings (SSSR count). The second kappa shape index (κ2) is 6.87. The first kappa shape index (κ1) is 16.2. The Morgan fingerprint density at radius 3 is 2.32 bits per heavy atom. The largest absolute Gasteiger partial charge is 0.341 e. The zero-order valence-corrected chi connectivity index (χ0v) is 14.2. The molecule has 1 atom stereocenters. The van der Waals surface area contributed by atoms with E-state index in [-0.39, 0.29) is 23.3 Å². The second-order valence-electron chi connectivity index (χ2n) is 7.11. The minimum Gasteiger partial charge on any atom is -0.341 e. The lowest BCUT2D eigenvalue weighted by Crippen LogP contribution is -2.42. The minimum absolute atomic E-state index is 0.0642. The van der Waals surface area contributed by atoms with Crippen molar-refractivity contribution in [2.45, 2.75) is 51.0 Å². The number of hydrogen-bond acceptors (Lipinski definition) is 4. The molecule has 1 amide bonds. The van der Waals surface area contributed by atoms with Gasteiger partial charge in [-0.25, -0.2) is 8.42 Å². The Balaban J connectivity index is 1.54. The van der Waals surface area contributed by atoms with E-state index in [9.17, 15) is 13.2 Å². The molecule has 5 nitrogen and oxygen atoms in total. The van der Waals surface area contributed by atoms with Gasteiger partial charge < -0.3 is 4.90 Å². The van der Waals surface area contributed by atoms with Crippen LogP contribution in [-0.2, 0) is 14.6 Å². The van der Waals surface area contributed by atoms with E-state index < -0.39 is 9.84 Å². The lowest BCUT2D eigenvalue weighted by atomic mass is 9.94. The molecule has 22 heavy (non-hydrogen) atoms. The van der Waals surface area contributed by atoms with E-state index in [1.165, 1.54) is 32.1 Å². The van der Waals surface area contributed by atoms with Crippen molar-refractivity contribution in [1.82, 2.24) is 9.80 Å². The van der Waals surface area contributed by atoms with Crippen LogP contribution in [0.3, 0.4) is 0 Å². The van der Waals surface area contributed by atoms with Gasteiger partial charge >= 0.3 is 0 Å². The maximum absolute atomic E-state index is 12.6. The van der Waals surface area contributed by atoms with E-state index in [0.29, 0.717) is 12.5 Å². The molecule has 3 aliphatic rings. The van der Waals surface area contributed by atoms with Gasteiger partial charge in [0.15, 0.2) is 9.84 Å². The van der Waals surface area contributed by atoms with Crippen molar-refractivity contribution in [3.8, 4) is 0 Å². The first-order valence-corrected chi connectivity index (χ1v) is 10.6. The fourth-order valence-corrected chi connectivity index (χ4v) is 5.95. The fraction of sp³-hybridized carbons (Fsp3) is 0.938. The van der Waals surface area contributed by atoms with Crippen LogP contribution in [0.4, 0.5) is 0 Å². The van der Waals surface area contributed by atoms with Gasteiger partial charge in [-0.2, -0.15) is 0 Å². The highest BCUT2D eigenvalue weighted by Crippen LogP contribution is 2.25. The van der Waals surface area contributed by atoms with Crippen molar-refractivity contribution in [2.24, 2.45) is 5.92 Å². The number of carbonyl (C=O) groups excluding carboxylic acids is 1. The zero-order chi connectivity index (χ0) is 15.6. The third-order valence-corrected chi connectivity index (χ3v) is 7.28. The summed E-state index contributed by atoms with van der Waals surface area (Å²) in [4.78, 5) is 17.1. The third-order valence-electron chi connectivity index (χ3n) is 5.51. The van der Waals surface area contributed by atoms with Gasteiger partial charge in [-0.3, -0.25) is 9.69 Å². The SMILES string of the molecule is O=C([C@@H]1CCS(=O)(=O)C1)N1CCCN(C2CCCCC2)CC1. The van der Waals surface area contributed by atoms with Crippen LogP contribution >= 0.6 is 0 Å². The first-order valence-electron chi connectivity index (χ1n) is 8.78. The Labute approximate surface area is 134 Å². The second-order valence-corrected chi connectivity index (χ2v) is 9.34. The lowest BCUT2D eigenvalue weighted by Gasteiger charge is -2.33. The van der Waals surface area contributed by atoms with Crippen molar-refractivity contribution in [2.75, 3.05) is 37.7 Å². The molecule has 0 radical (unpaired) electrons. The molecule has 2 aliphatic heterocycles. The van der Waals surface area contributed by atoms with Gasteiger partial charge in [-0.05, 0) is 25.7 Å². The molecular formula is C16H28N2O3S. The van der Waals surface area contributed by atoms with Crippen LogP contribution in [0.5, 0.6) is 0 Å². The Kier molecular flexibility index (Phi) is 5.07. The molecule has 0 bridgehead atoms. The van der Waals surface area contributed by atoms with E-state index in [2.05, 4.69) is 4.90 Å². The van der Waals surface area contributed by atoms with Crippen LogP contribution in [-0.4, -0.2) is 67.9 Å². The molecule has 2 saturated heterocycles. The van der Waals surface area contributed by atoms with Gasteiger partial charge in [-0.1, -0.05) is 19.3 Å². The van der Waals surface area contributed by atoms with E-state index in [0.717, 1.165) is 32.6 Å². The highest BCUT2D eigenvalue weighted by atomic mass is 32.2. The molecule has 0 spiro atoms. The zero-order valence-electron chi connectivity index (χ0n) is 13.4. The van der Waals surface area contributed by atoms with Crippen LogP contribution in [0.25, 0.3) is 0 Å². The summed E-state index contributed by atoms with van der Waals surface area (Å²) in [5.41, 5.74) is 0. The quantitative estimate of drug-likeness (QED) is 0.766. The Bertz CT molecular complexity index is 500. The van der Waals surface area contributed by atoms with Crippen molar-refractivity contribution < 1.29 is 13.2 Å². The van der Waals surface area contributed by atoms with Gasteiger partial charge in [0.2, 0.25) is 5.91 Å². The van der Waals surface area contributed by atoms with Gasteiger partial charge in [-0.15, -0.1) is 0 Å². The van der Waals surface area contributed by atoms with E-state index >= 15 is 0 Å². The molecule has 0 unspecified atom stereocenters. The molecule has 1 saturated carbocycles. The maximum Gasteiger partial charge on any atom is 0.226 e. The molecule has 3 fully saturated rings. The van der Waals surface area contributed by atoms with Crippen LogP contribution < -0.4 is 0 Å². The van der Waals surface area contributed by atoms with Crippen LogP contribution in [0.1, 0.15) is 44.9 Å². The molecular weight excluding hydrogens is 300 g/mol. The summed E-state index contributed by atoms with van der Waals surface area (Å²) in [5, 5.41) is 0. The lowest BCUT2D eigenvalue weighted by molar-refractivity contribution is -0.134. The average molecular weight is 328 g/mol. The van der Waals surface area contributed by atoms with Gasteiger partial charge in [0.1, 0.15) is 0 Å². The summed E-state index contributed by atoms with van der Waals surface area (Å²) in [6.45, 7) is 3.60. The number of rotatable bonds is 2. The van der Waals surface area contributed by atoms with Crippen LogP contribution in [0.2, 0.25) is 0 Å². The molecule has 1 aliphatic carbocycles. The summed E-state index contributed by atoms with van der Waals surface area (Å²) in [6.07, 6.45) is 8.17. The molecule has 0 aromatic carbocycles. The van der Waals surface area contributed by atoms with Gasteiger partial charge in [0.05, 0.1) is 17.4 Å². The van der Waals surface area contributed by atoms with Crippen LogP contribution in [0.15, 0.2) is 0 Å². The number of amides is 1. The normalized spacial score (nSPS) is 31.1. The smallest absolute Gasteiger partial charge is 0.226 e. The summed E-state index contributed by atoms with van der Waals surface area (Å²) in [6, 6.07) is 0.704. The predicted molar refractivity (Wildman–Crippen MR) is 86.4 cm³/mol. The average Bonchev–Trinajstić information content (AvgIpc) is 2.74. The predicted octanol–water partition coefficient (Wildman–Crippen LogP) is 1.29. The Hall–Kier alpha value is -0.620. The van der Waals surface area contributed by atoms with E-state index in [1.807, 2.05) is 4.90 Å². The van der Waals surface area contributed by atoms with Gasteiger partial charge in [0.25, 0.3) is 0 Å². The monoisotopic (exact) mass is 328 g/mol. The molecule has 126 valence electrons. The summed E-state index contributed by atoms with van der Waals surface area (Å²) < 4.78 is 23.2.